The molecule has 0 saturated heterocycles. The van der Waals surface area contributed by atoms with Gasteiger partial charge in [0.05, 0.1) is 11.6 Å². The van der Waals surface area contributed by atoms with Gasteiger partial charge in [-0.1, -0.05) is 11.6 Å². The van der Waals surface area contributed by atoms with Crippen molar-refractivity contribution in [1.29, 1.82) is 0 Å². The molecule has 1 N–H and O–H groups in total. The van der Waals surface area contributed by atoms with E-state index >= 15 is 0 Å². The monoisotopic (exact) mass is 324 g/mol. The van der Waals surface area contributed by atoms with E-state index < -0.39 is 0 Å². The number of rotatable bonds is 3. The number of fused-ring (bicyclic) bond motifs is 1. The fourth-order valence-electron chi connectivity index (χ4n) is 1.95. The molecule has 0 aliphatic rings. The molecular formula is C13H10ClFN4OS. The van der Waals surface area contributed by atoms with E-state index in [0.717, 1.165) is 0 Å². The van der Waals surface area contributed by atoms with Crippen LogP contribution in [0, 0.1) is 5.82 Å². The Morgan fingerprint density at radius 2 is 2.33 bits per heavy atom. The van der Waals surface area contributed by atoms with E-state index in [1.807, 2.05) is 0 Å². The van der Waals surface area contributed by atoms with E-state index in [1.165, 1.54) is 34.7 Å². The first-order valence-electron chi connectivity index (χ1n) is 6.03. The van der Waals surface area contributed by atoms with Gasteiger partial charge in [-0.2, -0.15) is 5.10 Å². The summed E-state index contributed by atoms with van der Waals surface area (Å²) in [5.74, 6) is -0.0124. The predicted molar refractivity (Wildman–Crippen MR) is 79.0 cm³/mol. The number of carbonyl (C=O) groups is 1. The van der Waals surface area contributed by atoms with Crippen LogP contribution in [0.25, 0.3) is 10.1 Å². The predicted octanol–water partition coefficient (Wildman–Crippen LogP) is 3.08. The van der Waals surface area contributed by atoms with E-state index in [9.17, 15) is 9.18 Å². The highest BCUT2D eigenvalue weighted by Crippen LogP contribution is 2.36. The molecule has 0 unspecified atom stereocenters. The lowest BCUT2D eigenvalue weighted by Crippen LogP contribution is -2.26. The highest BCUT2D eigenvalue weighted by molar-refractivity contribution is 7.21. The van der Waals surface area contributed by atoms with Gasteiger partial charge < -0.3 is 4.90 Å². The smallest absolute Gasteiger partial charge is 0.265 e. The number of aromatic amines is 1. The normalized spacial score (nSPS) is 11.0. The molecule has 0 aliphatic carbocycles. The molecule has 0 spiro atoms. The number of aromatic nitrogens is 3. The molecule has 1 amide bonds. The van der Waals surface area contributed by atoms with Crippen molar-refractivity contribution in [2.24, 2.45) is 0 Å². The Morgan fingerprint density at radius 3 is 3.05 bits per heavy atom. The number of amides is 1. The van der Waals surface area contributed by atoms with Crippen LogP contribution in [0.5, 0.6) is 0 Å². The molecule has 108 valence electrons. The Balaban J connectivity index is 1.92. The lowest BCUT2D eigenvalue weighted by atomic mass is 10.2. The summed E-state index contributed by atoms with van der Waals surface area (Å²) >= 11 is 7.41. The van der Waals surface area contributed by atoms with Gasteiger partial charge in [0.2, 0.25) is 0 Å². The van der Waals surface area contributed by atoms with Crippen molar-refractivity contribution in [3.63, 3.8) is 0 Å². The summed E-state index contributed by atoms with van der Waals surface area (Å²) in [7, 11) is 1.64. The van der Waals surface area contributed by atoms with Gasteiger partial charge in [-0.05, 0) is 18.2 Å². The molecule has 0 aliphatic heterocycles. The number of hydrogen-bond donors (Lipinski definition) is 1. The fraction of sp³-hybridized carbons (Fsp3) is 0.154. The Morgan fingerprint density at radius 1 is 1.52 bits per heavy atom. The Kier molecular flexibility index (Phi) is 3.60. The molecule has 21 heavy (non-hydrogen) atoms. The van der Waals surface area contributed by atoms with Crippen molar-refractivity contribution >= 4 is 38.9 Å². The largest absolute Gasteiger partial charge is 0.333 e. The van der Waals surface area contributed by atoms with E-state index in [4.69, 9.17) is 11.6 Å². The second kappa shape index (κ2) is 5.42. The summed E-state index contributed by atoms with van der Waals surface area (Å²) in [5.41, 5.74) is 0. The maximum Gasteiger partial charge on any atom is 0.265 e. The van der Waals surface area contributed by atoms with Crippen LogP contribution >= 0.6 is 22.9 Å². The number of nitrogens with one attached hydrogen (secondary N) is 1. The zero-order chi connectivity index (χ0) is 15.0. The molecule has 2 heterocycles. The number of benzene rings is 1. The number of thiophene rings is 1. The highest BCUT2D eigenvalue weighted by atomic mass is 35.5. The number of hydrogen-bond acceptors (Lipinski definition) is 4. The van der Waals surface area contributed by atoms with Gasteiger partial charge in [0, 0.05) is 17.1 Å². The summed E-state index contributed by atoms with van der Waals surface area (Å²) < 4.78 is 13.9. The Labute approximate surface area is 128 Å². The van der Waals surface area contributed by atoms with Crippen molar-refractivity contribution in [3.8, 4) is 0 Å². The van der Waals surface area contributed by atoms with Crippen LogP contribution < -0.4 is 0 Å². The maximum atomic E-state index is 13.2. The van der Waals surface area contributed by atoms with Crippen molar-refractivity contribution in [2.45, 2.75) is 6.54 Å². The van der Waals surface area contributed by atoms with Crippen molar-refractivity contribution in [2.75, 3.05) is 7.05 Å². The second-order valence-electron chi connectivity index (χ2n) is 4.48. The van der Waals surface area contributed by atoms with Gasteiger partial charge in [-0.15, -0.1) is 11.3 Å². The zero-order valence-corrected chi connectivity index (χ0v) is 12.5. The second-order valence-corrected chi connectivity index (χ2v) is 5.91. The lowest BCUT2D eigenvalue weighted by Gasteiger charge is -2.14. The van der Waals surface area contributed by atoms with Gasteiger partial charge in [-0.3, -0.25) is 9.89 Å². The standard InChI is InChI=1S/C13H10ClFN4OS/c1-19(5-10-16-6-17-18-10)13(20)12-11(14)8-3-2-7(15)4-9(8)21-12/h2-4,6H,5H2,1H3,(H,16,17,18). The molecule has 0 atom stereocenters. The van der Waals surface area contributed by atoms with Crippen LogP contribution in [0.15, 0.2) is 24.5 Å². The first kappa shape index (κ1) is 14.0. The molecule has 1 aromatic carbocycles. The Hall–Kier alpha value is -1.99. The third kappa shape index (κ3) is 2.62. The van der Waals surface area contributed by atoms with Crippen LogP contribution in [0.3, 0.4) is 0 Å². The van der Waals surface area contributed by atoms with Crippen LogP contribution in [0.1, 0.15) is 15.5 Å². The van der Waals surface area contributed by atoms with E-state index in [0.29, 0.717) is 25.8 Å². The number of carbonyl (C=O) groups excluding carboxylic acids is 1. The molecule has 2 aromatic heterocycles. The van der Waals surface area contributed by atoms with Gasteiger partial charge >= 0.3 is 0 Å². The number of H-pyrrole nitrogens is 1. The summed E-state index contributed by atoms with van der Waals surface area (Å²) in [5, 5.41) is 7.45. The maximum absolute atomic E-state index is 13.2. The summed E-state index contributed by atoms with van der Waals surface area (Å²) in [4.78, 5) is 18.3. The third-order valence-electron chi connectivity index (χ3n) is 2.98. The van der Waals surface area contributed by atoms with E-state index in [-0.39, 0.29) is 18.3 Å². The topological polar surface area (TPSA) is 61.9 Å². The molecule has 0 saturated carbocycles. The van der Waals surface area contributed by atoms with Gasteiger partial charge in [0.15, 0.2) is 0 Å². The zero-order valence-electron chi connectivity index (χ0n) is 10.9. The highest BCUT2D eigenvalue weighted by Gasteiger charge is 2.21. The van der Waals surface area contributed by atoms with Crippen molar-refractivity contribution in [1.82, 2.24) is 20.1 Å². The molecule has 0 radical (unpaired) electrons. The molecule has 0 fully saturated rings. The van der Waals surface area contributed by atoms with E-state index in [2.05, 4.69) is 15.2 Å². The third-order valence-corrected chi connectivity index (χ3v) is 4.63. The average Bonchev–Trinajstić information content (AvgIpc) is 3.06. The minimum atomic E-state index is -0.352. The lowest BCUT2D eigenvalue weighted by molar-refractivity contribution is 0.0786. The van der Waals surface area contributed by atoms with Crippen LogP contribution in [0.4, 0.5) is 4.39 Å². The van der Waals surface area contributed by atoms with Crippen molar-refractivity contribution in [3.05, 3.63) is 46.1 Å². The minimum absolute atomic E-state index is 0.238. The molecule has 3 rings (SSSR count). The first-order chi connectivity index (χ1) is 10.1. The van der Waals surface area contributed by atoms with E-state index in [1.54, 1.807) is 13.1 Å². The summed E-state index contributed by atoms with van der Waals surface area (Å²) in [6.45, 7) is 0.289. The van der Waals surface area contributed by atoms with Crippen LogP contribution in [-0.4, -0.2) is 33.0 Å². The fourth-order valence-corrected chi connectivity index (χ4v) is 3.48. The molecule has 0 bridgehead atoms. The summed E-state index contributed by atoms with van der Waals surface area (Å²) in [6.07, 6.45) is 1.38. The van der Waals surface area contributed by atoms with Crippen molar-refractivity contribution < 1.29 is 9.18 Å². The average molecular weight is 325 g/mol. The SMILES string of the molecule is CN(Cc1ncn[nH]1)C(=O)c1sc2cc(F)ccc2c1Cl. The first-order valence-corrected chi connectivity index (χ1v) is 7.23. The molecular weight excluding hydrogens is 315 g/mol. The quantitative estimate of drug-likeness (QED) is 0.805. The molecule has 8 heteroatoms. The number of halogens is 2. The number of nitrogens with zero attached hydrogens (tertiary/aromatic N) is 3. The van der Waals surface area contributed by atoms with Crippen LogP contribution in [0.2, 0.25) is 5.02 Å². The van der Waals surface area contributed by atoms with Gasteiger partial charge in [0.1, 0.15) is 22.8 Å². The molecule has 5 nitrogen and oxygen atoms in total. The summed E-state index contributed by atoms with van der Waals surface area (Å²) in [6, 6.07) is 4.28. The Bertz CT molecular complexity index is 802. The minimum Gasteiger partial charge on any atom is -0.333 e. The van der Waals surface area contributed by atoms with Gasteiger partial charge in [-0.25, -0.2) is 9.37 Å². The van der Waals surface area contributed by atoms with Crippen LogP contribution in [-0.2, 0) is 6.54 Å². The van der Waals surface area contributed by atoms with Gasteiger partial charge in [0.25, 0.3) is 5.91 Å². The molecule has 3 aromatic rings.